The van der Waals surface area contributed by atoms with Gasteiger partial charge in [0.05, 0.1) is 0 Å². The Kier molecular flexibility index (Phi) is 4.75. The van der Waals surface area contributed by atoms with E-state index in [1.807, 2.05) is 29.9 Å². The largest absolute Gasteiger partial charge is 0.486 e. The van der Waals surface area contributed by atoms with Crippen LogP contribution in [0.1, 0.15) is 18.3 Å². The fraction of sp³-hybridized carbons (Fsp3) is 0.471. The van der Waals surface area contributed by atoms with E-state index >= 15 is 0 Å². The summed E-state index contributed by atoms with van der Waals surface area (Å²) in [4.78, 5) is 6.77. The molecule has 2 heterocycles. The molecule has 1 aromatic carbocycles. The Morgan fingerprint density at radius 3 is 2.82 bits per heavy atom. The van der Waals surface area contributed by atoms with Crippen molar-refractivity contribution >= 4 is 0 Å². The first-order chi connectivity index (χ1) is 10.7. The van der Waals surface area contributed by atoms with Crippen LogP contribution in [0.25, 0.3) is 0 Å². The van der Waals surface area contributed by atoms with Crippen LogP contribution >= 0.6 is 0 Å². The van der Waals surface area contributed by atoms with E-state index in [-0.39, 0.29) is 0 Å². The smallest absolute Gasteiger partial charge is 0.146 e. The van der Waals surface area contributed by atoms with E-state index < -0.39 is 0 Å². The van der Waals surface area contributed by atoms with Gasteiger partial charge < -0.3 is 14.6 Å². The fourth-order valence-corrected chi connectivity index (χ4v) is 2.73. The van der Waals surface area contributed by atoms with E-state index in [0.29, 0.717) is 12.6 Å². The van der Waals surface area contributed by atoms with Crippen molar-refractivity contribution in [1.82, 2.24) is 19.8 Å². The third kappa shape index (κ3) is 3.67. The van der Waals surface area contributed by atoms with Crippen LogP contribution in [0.4, 0.5) is 0 Å². The molecule has 0 aliphatic carbocycles. The van der Waals surface area contributed by atoms with Crippen molar-refractivity contribution in [2.45, 2.75) is 26.1 Å². The molecule has 1 N–H and O–H groups in total. The van der Waals surface area contributed by atoms with E-state index in [9.17, 15) is 0 Å². The molecule has 5 nitrogen and oxygen atoms in total. The average Bonchev–Trinajstić information content (AvgIpc) is 2.94. The van der Waals surface area contributed by atoms with Gasteiger partial charge >= 0.3 is 0 Å². The summed E-state index contributed by atoms with van der Waals surface area (Å²) in [7, 11) is 1.98. The second-order valence-corrected chi connectivity index (χ2v) is 5.91. The number of imidazole rings is 1. The van der Waals surface area contributed by atoms with Crippen LogP contribution in [-0.4, -0.2) is 40.1 Å². The van der Waals surface area contributed by atoms with Gasteiger partial charge in [-0.1, -0.05) is 12.1 Å². The van der Waals surface area contributed by atoms with Crippen molar-refractivity contribution in [3.8, 4) is 5.75 Å². The molecular formula is C17H24N4O. The fourth-order valence-electron chi connectivity index (χ4n) is 2.73. The second kappa shape index (κ2) is 6.94. The van der Waals surface area contributed by atoms with Crippen LogP contribution in [0.15, 0.2) is 36.7 Å². The van der Waals surface area contributed by atoms with E-state index in [1.54, 1.807) is 6.20 Å². The molecule has 0 saturated carbocycles. The van der Waals surface area contributed by atoms with Crippen molar-refractivity contribution in [2.24, 2.45) is 7.05 Å². The normalized spacial score (nSPS) is 19.3. The first-order valence-corrected chi connectivity index (χ1v) is 7.85. The lowest BCUT2D eigenvalue weighted by molar-refractivity contribution is 0.165. The molecule has 5 heteroatoms. The van der Waals surface area contributed by atoms with E-state index in [0.717, 1.165) is 37.8 Å². The summed E-state index contributed by atoms with van der Waals surface area (Å²) in [6.07, 6.45) is 3.72. The number of nitrogens with one attached hydrogen (secondary N) is 1. The third-order valence-electron chi connectivity index (χ3n) is 4.24. The Morgan fingerprint density at radius 1 is 1.32 bits per heavy atom. The minimum Gasteiger partial charge on any atom is -0.486 e. The summed E-state index contributed by atoms with van der Waals surface area (Å²) in [5.41, 5.74) is 1.33. The molecule has 2 aromatic rings. The quantitative estimate of drug-likeness (QED) is 0.914. The zero-order valence-corrected chi connectivity index (χ0v) is 13.3. The van der Waals surface area contributed by atoms with Gasteiger partial charge in [-0.05, 0) is 24.6 Å². The van der Waals surface area contributed by atoms with Crippen molar-refractivity contribution in [2.75, 3.05) is 19.6 Å². The lowest BCUT2D eigenvalue weighted by Crippen LogP contribution is -2.49. The summed E-state index contributed by atoms with van der Waals surface area (Å²) in [6.45, 7) is 7.04. The summed E-state index contributed by atoms with van der Waals surface area (Å²) in [5, 5.41) is 3.42. The number of hydrogen-bond donors (Lipinski definition) is 1. The number of ether oxygens (including phenoxy) is 1. The highest BCUT2D eigenvalue weighted by Crippen LogP contribution is 2.16. The standard InChI is InChI=1S/C17H24N4O/c1-14-11-18-7-10-21(14)12-15-3-5-16(6-4-15)22-13-17-19-8-9-20(17)2/h3-6,8-9,14,18H,7,10-13H2,1-2H3/t14-/m0/s1. The van der Waals surface area contributed by atoms with Crippen LogP contribution in [-0.2, 0) is 20.2 Å². The molecular weight excluding hydrogens is 276 g/mol. The first kappa shape index (κ1) is 15.1. The molecule has 0 radical (unpaired) electrons. The maximum absolute atomic E-state index is 5.79. The number of piperazine rings is 1. The van der Waals surface area contributed by atoms with E-state index in [2.05, 4.69) is 34.3 Å². The minimum absolute atomic E-state index is 0.498. The first-order valence-electron chi connectivity index (χ1n) is 7.85. The topological polar surface area (TPSA) is 42.3 Å². The Hall–Kier alpha value is -1.85. The highest BCUT2D eigenvalue weighted by Gasteiger charge is 2.17. The summed E-state index contributed by atoms with van der Waals surface area (Å²) >= 11 is 0. The number of rotatable bonds is 5. The van der Waals surface area contributed by atoms with Crippen LogP contribution in [0.3, 0.4) is 0 Å². The third-order valence-corrected chi connectivity index (χ3v) is 4.24. The summed E-state index contributed by atoms with van der Waals surface area (Å²) in [6, 6.07) is 8.99. The van der Waals surface area contributed by atoms with E-state index in [1.165, 1.54) is 5.56 Å². The van der Waals surface area contributed by atoms with Crippen LogP contribution in [0, 0.1) is 0 Å². The number of nitrogens with zero attached hydrogens (tertiary/aromatic N) is 3. The van der Waals surface area contributed by atoms with Gasteiger partial charge in [-0.25, -0.2) is 4.98 Å². The molecule has 1 aliphatic heterocycles. The molecule has 1 fully saturated rings. The molecule has 118 valence electrons. The average molecular weight is 300 g/mol. The Bertz CT molecular complexity index is 593. The van der Waals surface area contributed by atoms with Crippen molar-refractivity contribution in [1.29, 1.82) is 0 Å². The van der Waals surface area contributed by atoms with Crippen molar-refractivity contribution in [3.05, 3.63) is 48.0 Å². The molecule has 1 saturated heterocycles. The molecule has 0 spiro atoms. The molecule has 1 atom stereocenters. The van der Waals surface area contributed by atoms with Gasteiger partial charge in [0.15, 0.2) is 0 Å². The van der Waals surface area contributed by atoms with Gasteiger partial charge in [0.25, 0.3) is 0 Å². The second-order valence-electron chi connectivity index (χ2n) is 5.91. The Balaban J connectivity index is 1.54. The summed E-state index contributed by atoms with van der Waals surface area (Å²) < 4.78 is 7.76. The highest BCUT2D eigenvalue weighted by molar-refractivity contribution is 5.27. The van der Waals surface area contributed by atoms with Gasteiger partial charge in [0.1, 0.15) is 18.2 Å². The molecule has 1 aliphatic rings. The lowest BCUT2D eigenvalue weighted by atomic mass is 10.1. The van der Waals surface area contributed by atoms with Gasteiger partial charge in [0, 0.05) is 51.7 Å². The summed E-state index contributed by atoms with van der Waals surface area (Å²) in [5.74, 6) is 1.82. The van der Waals surface area contributed by atoms with Crippen molar-refractivity contribution in [3.63, 3.8) is 0 Å². The molecule has 0 bridgehead atoms. The predicted molar refractivity (Wildman–Crippen MR) is 86.7 cm³/mol. The lowest BCUT2D eigenvalue weighted by Gasteiger charge is -2.33. The number of aromatic nitrogens is 2. The van der Waals surface area contributed by atoms with Gasteiger partial charge in [-0.2, -0.15) is 0 Å². The van der Waals surface area contributed by atoms with Crippen molar-refractivity contribution < 1.29 is 4.74 Å². The van der Waals surface area contributed by atoms with Gasteiger partial charge in [-0.3, -0.25) is 4.90 Å². The zero-order valence-electron chi connectivity index (χ0n) is 13.3. The SMILES string of the molecule is C[C@H]1CNCCN1Cc1ccc(OCc2nccn2C)cc1. The van der Waals surface area contributed by atoms with Crippen LogP contribution < -0.4 is 10.1 Å². The van der Waals surface area contributed by atoms with E-state index in [4.69, 9.17) is 4.74 Å². The number of benzene rings is 1. The maximum atomic E-state index is 5.79. The molecule has 0 unspecified atom stereocenters. The van der Waals surface area contributed by atoms with Crippen LogP contribution in [0.5, 0.6) is 5.75 Å². The Labute approximate surface area is 131 Å². The Morgan fingerprint density at radius 2 is 2.14 bits per heavy atom. The molecule has 1 aromatic heterocycles. The predicted octanol–water partition coefficient (Wildman–Crippen LogP) is 1.79. The number of aryl methyl sites for hydroxylation is 1. The van der Waals surface area contributed by atoms with Crippen LogP contribution in [0.2, 0.25) is 0 Å². The molecule has 0 amide bonds. The molecule has 22 heavy (non-hydrogen) atoms. The van der Waals surface area contributed by atoms with Gasteiger partial charge in [0.2, 0.25) is 0 Å². The maximum Gasteiger partial charge on any atom is 0.146 e. The monoisotopic (exact) mass is 300 g/mol. The van der Waals surface area contributed by atoms with Gasteiger partial charge in [-0.15, -0.1) is 0 Å². The number of hydrogen-bond acceptors (Lipinski definition) is 4. The highest BCUT2D eigenvalue weighted by atomic mass is 16.5. The molecule has 3 rings (SSSR count). The minimum atomic E-state index is 0.498. The zero-order chi connectivity index (χ0) is 15.4.